The summed E-state index contributed by atoms with van der Waals surface area (Å²) in [6, 6.07) is 14.1. The molecular formula is C14H9BrN2S2. The highest BCUT2D eigenvalue weighted by molar-refractivity contribution is 9.10. The highest BCUT2D eigenvalue weighted by Crippen LogP contribution is 2.30. The van der Waals surface area contributed by atoms with Gasteiger partial charge in [0.05, 0.1) is 15.0 Å². The number of rotatable bonds is 2. The van der Waals surface area contributed by atoms with Crippen LogP contribution in [0.4, 0.5) is 0 Å². The van der Waals surface area contributed by atoms with E-state index < -0.39 is 0 Å². The van der Waals surface area contributed by atoms with Crippen molar-refractivity contribution in [2.45, 2.75) is 0 Å². The lowest BCUT2D eigenvalue weighted by Crippen LogP contribution is -1.93. The van der Waals surface area contributed by atoms with Crippen molar-refractivity contribution in [3.63, 3.8) is 0 Å². The van der Waals surface area contributed by atoms with Crippen LogP contribution in [0.15, 0.2) is 52.3 Å². The number of nitrogens with zero attached hydrogens (tertiary/aromatic N) is 1. The Morgan fingerprint density at radius 3 is 2.58 bits per heavy atom. The van der Waals surface area contributed by atoms with E-state index in [-0.39, 0.29) is 0 Å². The van der Waals surface area contributed by atoms with Gasteiger partial charge in [0.15, 0.2) is 0 Å². The molecule has 2 nitrogen and oxygen atoms in total. The van der Waals surface area contributed by atoms with Gasteiger partial charge in [0.1, 0.15) is 10.5 Å². The van der Waals surface area contributed by atoms with E-state index in [0.29, 0.717) is 4.64 Å². The number of thiophene rings is 1. The summed E-state index contributed by atoms with van der Waals surface area (Å²) in [4.78, 5) is 8.86. The third-order valence-electron chi connectivity index (χ3n) is 2.68. The van der Waals surface area contributed by atoms with Crippen molar-refractivity contribution < 1.29 is 0 Å². The van der Waals surface area contributed by atoms with Crippen molar-refractivity contribution in [1.82, 2.24) is 9.97 Å². The summed E-state index contributed by atoms with van der Waals surface area (Å²) in [6.45, 7) is 0. The molecule has 0 atom stereocenters. The molecule has 0 radical (unpaired) electrons. The largest absolute Gasteiger partial charge is 0.337 e. The zero-order valence-electron chi connectivity index (χ0n) is 9.76. The second kappa shape index (κ2) is 5.36. The standard InChI is InChI=1S/C14H9BrN2S2/c15-11-12(9-5-2-1-3-6-9)16-13(17-14(11)18)10-7-4-8-19-10/h1-8H,(H,16,17,18). The van der Waals surface area contributed by atoms with Gasteiger partial charge in [0.2, 0.25) is 0 Å². The molecule has 0 saturated heterocycles. The smallest absolute Gasteiger partial charge is 0.149 e. The first-order valence-corrected chi connectivity index (χ1v) is 7.73. The van der Waals surface area contributed by atoms with Gasteiger partial charge in [0, 0.05) is 0 Å². The summed E-state index contributed by atoms with van der Waals surface area (Å²) in [5.74, 6) is 0.807. The van der Waals surface area contributed by atoms with Gasteiger partial charge in [-0.3, -0.25) is 0 Å². The summed E-state index contributed by atoms with van der Waals surface area (Å²) >= 11 is 10.5. The van der Waals surface area contributed by atoms with Gasteiger partial charge >= 0.3 is 0 Å². The van der Waals surface area contributed by atoms with Gasteiger partial charge < -0.3 is 4.98 Å². The summed E-state index contributed by atoms with van der Waals surface area (Å²) in [5, 5.41) is 2.03. The fourth-order valence-corrected chi connectivity index (χ4v) is 3.07. The molecule has 0 spiro atoms. The van der Waals surface area contributed by atoms with Gasteiger partial charge in [-0.05, 0) is 32.9 Å². The first-order chi connectivity index (χ1) is 9.25. The normalized spacial score (nSPS) is 10.6. The molecule has 1 aromatic carbocycles. The van der Waals surface area contributed by atoms with Crippen molar-refractivity contribution in [2.75, 3.05) is 0 Å². The van der Waals surface area contributed by atoms with E-state index in [0.717, 1.165) is 26.4 Å². The van der Waals surface area contributed by atoms with Gasteiger partial charge in [0.25, 0.3) is 0 Å². The fourth-order valence-electron chi connectivity index (χ4n) is 1.79. The number of hydrogen-bond donors (Lipinski definition) is 1. The van der Waals surface area contributed by atoms with Crippen LogP contribution < -0.4 is 0 Å². The van der Waals surface area contributed by atoms with E-state index in [1.807, 2.05) is 47.8 Å². The highest BCUT2D eigenvalue weighted by atomic mass is 79.9. The highest BCUT2D eigenvalue weighted by Gasteiger charge is 2.10. The minimum Gasteiger partial charge on any atom is -0.337 e. The van der Waals surface area contributed by atoms with E-state index in [2.05, 4.69) is 25.9 Å². The molecule has 3 rings (SSSR count). The molecule has 0 bridgehead atoms. The molecule has 94 valence electrons. The van der Waals surface area contributed by atoms with Crippen LogP contribution in [-0.4, -0.2) is 9.97 Å². The molecule has 2 aromatic heterocycles. The molecule has 0 aliphatic heterocycles. The van der Waals surface area contributed by atoms with Crippen LogP contribution in [0.2, 0.25) is 0 Å². The van der Waals surface area contributed by atoms with Crippen LogP contribution in [-0.2, 0) is 0 Å². The van der Waals surface area contributed by atoms with Crippen molar-refractivity contribution in [3.05, 3.63) is 57.0 Å². The number of H-pyrrole nitrogens is 1. The molecule has 0 amide bonds. The lowest BCUT2D eigenvalue weighted by atomic mass is 10.1. The predicted octanol–water partition coefficient (Wildman–Crippen LogP) is 5.30. The quantitative estimate of drug-likeness (QED) is 0.636. The maximum Gasteiger partial charge on any atom is 0.149 e. The third kappa shape index (κ3) is 2.54. The Balaban J connectivity index is 2.23. The van der Waals surface area contributed by atoms with Gasteiger partial charge in [-0.15, -0.1) is 11.3 Å². The monoisotopic (exact) mass is 348 g/mol. The Bertz CT molecular complexity index is 749. The van der Waals surface area contributed by atoms with Crippen LogP contribution in [0.5, 0.6) is 0 Å². The second-order valence-electron chi connectivity index (χ2n) is 3.92. The van der Waals surface area contributed by atoms with E-state index in [4.69, 9.17) is 12.2 Å². The van der Waals surface area contributed by atoms with E-state index >= 15 is 0 Å². The number of halogens is 1. The Kier molecular flexibility index (Phi) is 3.59. The number of benzene rings is 1. The van der Waals surface area contributed by atoms with E-state index in [9.17, 15) is 0 Å². The second-order valence-corrected chi connectivity index (χ2v) is 6.05. The number of aromatic amines is 1. The Morgan fingerprint density at radius 1 is 1.11 bits per heavy atom. The van der Waals surface area contributed by atoms with Crippen LogP contribution in [0.3, 0.4) is 0 Å². The summed E-state index contributed by atoms with van der Waals surface area (Å²) in [7, 11) is 0. The van der Waals surface area contributed by atoms with Crippen LogP contribution in [0.25, 0.3) is 22.0 Å². The summed E-state index contributed by atoms with van der Waals surface area (Å²) in [5.41, 5.74) is 2.05. The SMILES string of the molecule is S=c1nc(-c2cccs2)[nH]c(-c2ccccc2)c1Br. The molecule has 3 aromatic rings. The molecule has 0 aliphatic carbocycles. The lowest BCUT2D eigenvalue weighted by Gasteiger charge is -2.07. The molecule has 0 unspecified atom stereocenters. The average molecular weight is 349 g/mol. The van der Waals surface area contributed by atoms with E-state index in [1.54, 1.807) is 11.3 Å². The van der Waals surface area contributed by atoms with Crippen LogP contribution >= 0.6 is 39.5 Å². The average Bonchev–Trinajstić information content (AvgIpc) is 2.97. The van der Waals surface area contributed by atoms with Crippen molar-refractivity contribution in [2.24, 2.45) is 0 Å². The third-order valence-corrected chi connectivity index (χ3v) is 4.89. The van der Waals surface area contributed by atoms with Crippen LogP contribution in [0, 0.1) is 4.64 Å². The zero-order chi connectivity index (χ0) is 13.2. The van der Waals surface area contributed by atoms with E-state index in [1.165, 1.54) is 0 Å². The predicted molar refractivity (Wildman–Crippen MR) is 85.9 cm³/mol. The first kappa shape index (κ1) is 12.7. The van der Waals surface area contributed by atoms with Gasteiger partial charge in [-0.2, -0.15) is 0 Å². The number of nitrogens with one attached hydrogen (secondary N) is 1. The number of aromatic nitrogens is 2. The summed E-state index contributed by atoms with van der Waals surface area (Å²) in [6.07, 6.45) is 0. The molecule has 2 heterocycles. The Hall–Kier alpha value is -1.30. The molecule has 19 heavy (non-hydrogen) atoms. The molecule has 5 heteroatoms. The van der Waals surface area contributed by atoms with Gasteiger partial charge in [-0.25, -0.2) is 4.98 Å². The topological polar surface area (TPSA) is 28.7 Å². The maximum atomic E-state index is 5.33. The van der Waals surface area contributed by atoms with Crippen molar-refractivity contribution >= 4 is 39.5 Å². The number of hydrogen-bond acceptors (Lipinski definition) is 3. The van der Waals surface area contributed by atoms with Crippen molar-refractivity contribution in [3.8, 4) is 22.0 Å². The molecule has 1 N–H and O–H groups in total. The fraction of sp³-hybridized carbons (Fsp3) is 0. The lowest BCUT2D eigenvalue weighted by molar-refractivity contribution is 1.16. The van der Waals surface area contributed by atoms with Gasteiger partial charge in [-0.1, -0.05) is 48.6 Å². The Morgan fingerprint density at radius 2 is 1.89 bits per heavy atom. The minimum atomic E-state index is 0.570. The zero-order valence-corrected chi connectivity index (χ0v) is 13.0. The molecule has 0 saturated carbocycles. The molecule has 0 aliphatic rings. The Labute approximate surface area is 128 Å². The minimum absolute atomic E-state index is 0.570. The summed E-state index contributed by atoms with van der Waals surface area (Å²) < 4.78 is 1.40. The first-order valence-electron chi connectivity index (χ1n) is 5.65. The molecule has 0 fully saturated rings. The molecular weight excluding hydrogens is 340 g/mol. The van der Waals surface area contributed by atoms with Crippen molar-refractivity contribution in [1.29, 1.82) is 0 Å². The van der Waals surface area contributed by atoms with Crippen LogP contribution in [0.1, 0.15) is 0 Å². The maximum absolute atomic E-state index is 5.33.